The maximum atomic E-state index is 13.5. The van der Waals surface area contributed by atoms with Crippen LogP contribution in [0.4, 0.5) is 13.2 Å². The van der Waals surface area contributed by atoms with Crippen molar-refractivity contribution < 1.29 is 32.7 Å². The molecule has 1 saturated heterocycles. The lowest BCUT2D eigenvalue weighted by Crippen LogP contribution is -2.54. The monoisotopic (exact) mass is 533 g/mol. The maximum absolute atomic E-state index is 13.5. The van der Waals surface area contributed by atoms with Crippen molar-refractivity contribution in [3.8, 4) is 11.1 Å². The molecular weight excluding hydrogens is 499 g/mol. The average molecular weight is 534 g/mol. The van der Waals surface area contributed by atoms with E-state index in [1.165, 1.54) is 11.1 Å². The number of aryl methyl sites for hydroxylation is 2. The van der Waals surface area contributed by atoms with Crippen LogP contribution in [-0.4, -0.2) is 51.5 Å². The normalized spacial score (nSPS) is 17.8. The van der Waals surface area contributed by atoms with Crippen molar-refractivity contribution in [1.29, 1.82) is 0 Å². The SMILES string of the molecule is Cc1cccc(C)c1-c1cncc(C(CC(=O)O)NC(=O)C(CC(C)C)N2CCC(C(F)(F)F)CC2=O)c1. The summed E-state index contributed by atoms with van der Waals surface area (Å²) < 4.78 is 39.6. The zero-order chi connectivity index (χ0) is 28.2. The summed E-state index contributed by atoms with van der Waals surface area (Å²) in [6.45, 7) is 7.42. The Kier molecular flexibility index (Phi) is 9.17. The van der Waals surface area contributed by atoms with Crippen molar-refractivity contribution in [1.82, 2.24) is 15.2 Å². The Morgan fingerprint density at radius 2 is 1.84 bits per heavy atom. The molecule has 0 aliphatic carbocycles. The Bertz CT molecular complexity index is 1160. The van der Waals surface area contributed by atoms with Crippen LogP contribution in [0.1, 0.15) is 62.3 Å². The topological polar surface area (TPSA) is 99.6 Å². The number of piperidine rings is 1. The fourth-order valence-electron chi connectivity index (χ4n) is 5.03. The Balaban J connectivity index is 1.89. The first kappa shape index (κ1) is 29.1. The number of nitrogens with one attached hydrogen (secondary N) is 1. The molecule has 1 aliphatic rings. The number of pyridine rings is 1. The smallest absolute Gasteiger partial charge is 0.392 e. The molecule has 3 unspecified atom stereocenters. The molecule has 2 N–H and O–H groups in total. The summed E-state index contributed by atoms with van der Waals surface area (Å²) >= 11 is 0. The second-order valence-corrected chi connectivity index (χ2v) is 10.4. The summed E-state index contributed by atoms with van der Waals surface area (Å²) in [6.07, 6.45) is -2.50. The number of hydrogen-bond donors (Lipinski definition) is 2. The molecule has 0 radical (unpaired) electrons. The maximum Gasteiger partial charge on any atom is 0.392 e. The second kappa shape index (κ2) is 12.0. The fraction of sp³-hybridized carbons (Fsp3) is 0.500. The number of halogens is 3. The van der Waals surface area contributed by atoms with Gasteiger partial charge in [0.25, 0.3) is 0 Å². The van der Waals surface area contributed by atoms with Crippen molar-refractivity contribution in [2.24, 2.45) is 11.8 Å². The predicted molar refractivity (Wildman–Crippen MR) is 136 cm³/mol. The Labute approximate surface area is 220 Å². The molecule has 2 heterocycles. The second-order valence-electron chi connectivity index (χ2n) is 10.4. The summed E-state index contributed by atoms with van der Waals surface area (Å²) in [6, 6.07) is 5.68. The van der Waals surface area contributed by atoms with E-state index in [0.717, 1.165) is 22.3 Å². The van der Waals surface area contributed by atoms with Crippen LogP contribution in [0.15, 0.2) is 36.7 Å². The van der Waals surface area contributed by atoms with E-state index in [9.17, 15) is 32.7 Å². The summed E-state index contributed by atoms with van der Waals surface area (Å²) in [5, 5.41) is 12.3. The van der Waals surface area contributed by atoms with Crippen LogP contribution < -0.4 is 5.32 Å². The van der Waals surface area contributed by atoms with Gasteiger partial charge < -0.3 is 15.3 Å². The first-order chi connectivity index (χ1) is 17.8. The summed E-state index contributed by atoms with van der Waals surface area (Å²) in [4.78, 5) is 43.4. The number of carboxylic acid groups (broad SMARTS) is 1. The van der Waals surface area contributed by atoms with E-state index in [0.29, 0.717) is 5.56 Å². The number of aromatic nitrogens is 1. The number of benzene rings is 1. The van der Waals surface area contributed by atoms with Gasteiger partial charge in [0.15, 0.2) is 0 Å². The van der Waals surface area contributed by atoms with Crippen molar-refractivity contribution in [2.45, 2.75) is 71.6 Å². The molecule has 1 fully saturated rings. The van der Waals surface area contributed by atoms with Gasteiger partial charge >= 0.3 is 12.1 Å². The highest BCUT2D eigenvalue weighted by atomic mass is 19.4. The van der Waals surface area contributed by atoms with Gasteiger partial charge in [-0.25, -0.2) is 0 Å². The molecule has 1 aromatic carbocycles. The van der Waals surface area contributed by atoms with Gasteiger partial charge in [0, 0.05) is 30.9 Å². The molecule has 0 bridgehead atoms. The van der Waals surface area contributed by atoms with Gasteiger partial charge in [-0.15, -0.1) is 0 Å². The van der Waals surface area contributed by atoms with E-state index in [1.807, 2.05) is 45.9 Å². The van der Waals surface area contributed by atoms with Crippen LogP contribution in [0.2, 0.25) is 0 Å². The number of carbonyl (C=O) groups excluding carboxylic acids is 2. The van der Waals surface area contributed by atoms with Crippen LogP contribution in [0, 0.1) is 25.7 Å². The Morgan fingerprint density at radius 3 is 2.39 bits per heavy atom. The number of carboxylic acids is 1. The molecule has 3 atom stereocenters. The van der Waals surface area contributed by atoms with Gasteiger partial charge in [0.2, 0.25) is 11.8 Å². The molecule has 206 valence electrons. The fourth-order valence-corrected chi connectivity index (χ4v) is 5.03. The molecule has 1 aliphatic heterocycles. The van der Waals surface area contributed by atoms with Crippen LogP contribution in [0.5, 0.6) is 0 Å². The van der Waals surface area contributed by atoms with Gasteiger partial charge in [0.05, 0.1) is 18.4 Å². The number of aliphatic carboxylic acids is 1. The molecule has 2 amide bonds. The highest BCUT2D eigenvalue weighted by Gasteiger charge is 2.46. The molecule has 1 aromatic heterocycles. The number of hydrogen-bond acceptors (Lipinski definition) is 4. The van der Waals surface area contributed by atoms with Crippen LogP contribution in [-0.2, 0) is 14.4 Å². The molecule has 0 saturated carbocycles. The molecule has 3 rings (SSSR count). The highest BCUT2D eigenvalue weighted by molar-refractivity contribution is 5.88. The van der Waals surface area contributed by atoms with E-state index < -0.39 is 54.8 Å². The molecular formula is C28H34F3N3O4. The lowest BCUT2D eigenvalue weighted by atomic mass is 9.92. The third kappa shape index (κ3) is 7.11. The lowest BCUT2D eigenvalue weighted by molar-refractivity contribution is -0.191. The summed E-state index contributed by atoms with van der Waals surface area (Å²) in [5.74, 6) is -4.23. The van der Waals surface area contributed by atoms with E-state index in [1.54, 1.807) is 12.3 Å². The number of amides is 2. The summed E-state index contributed by atoms with van der Waals surface area (Å²) in [5.41, 5.74) is 4.23. The van der Waals surface area contributed by atoms with Crippen molar-refractivity contribution in [2.75, 3.05) is 6.54 Å². The predicted octanol–water partition coefficient (Wildman–Crippen LogP) is 5.21. The minimum absolute atomic E-state index is 0.0363. The summed E-state index contributed by atoms with van der Waals surface area (Å²) in [7, 11) is 0. The average Bonchev–Trinajstić information content (AvgIpc) is 2.81. The zero-order valence-corrected chi connectivity index (χ0v) is 22.0. The van der Waals surface area contributed by atoms with Gasteiger partial charge in [-0.05, 0) is 60.9 Å². The minimum atomic E-state index is -4.47. The number of rotatable bonds is 9. The largest absolute Gasteiger partial charge is 0.481 e. The van der Waals surface area contributed by atoms with Crippen molar-refractivity contribution in [3.63, 3.8) is 0 Å². The number of nitrogens with zero attached hydrogens (tertiary/aromatic N) is 2. The highest BCUT2D eigenvalue weighted by Crippen LogP contribution is 2.36. The first-order valence-electron chi connectivity index (χ1n) is 12.7. The van der Waals surface area contributed by atoms with Gasteiger partial charge in [-0.1, -0.05) is 32.0 Å². The third-order valence-corrected chi connectivity index (χ3v) is 6.92. The van der Waals surface area contributed by atoms with Gasteiger partial charge in [-0.2, -0.15) is 13.2 Å². The first-order valence-corrected chi connectivity index (χ1v) is 12.7. The van der Waals surface area contributed by atoms with Gasteiger partial charge in [0.1, 0.15) is 6.04 Å². The van der Waals surface area contributed by atoms with Crippen LogP contribution >= 0.6 is 0 Å². The van der Waals surface area contributed by atoms with Crippen molar-refractivity contribution in [3.05, 3.63) is 53.3 Å². The number of alkyl halides is 3. The van der Waals surface area contributed by atoms with Gasteiger partial charge in [-0.3, -0.25) is 19.4 Å². The van der Waals surface area contributed by atoms with Crippen LogP contribution in [0.25, 0.3) is 11.1 Å². The van der Waals surface area contributed by atoms with E-state index in [-0.39, 0.29) is 25.3 Å². The quantitative estimate of drug-likeness (QED) is 0.461. The molecule has 0 spiro atoms. The standard InChI is InChI=1S/C28H34F3N3O4/c1-16(2)10-23(34-9-8-21(12-24(34)35)28(29,30)31)27(38)33-22(13-25(36)37)19-11-20(15-32-14-19)26-17(3)6-5-7-18(26)4/h5-7,11,14-16,21-23H,8-10,12-13H2,1-4H3,(H,33,38)(H,36,37). The number of carbonyl (C=O) groups is 3. The lowest BCUT2D eigenvalue weighted by Gasteiger charge is -2.38. The molecule has 38 heavy (non-hydrogen) atoms. The minimum Gasteiger partial charge on any atom is -0.481 e. The van der Waals surface area contributed by atoms with Crippen molar-refractivity contribution >= 4 is 17.8 Å². The van der Waals surface area contributed by atoms with E-state index in [2.05, 4.69) is 10.3 Å². The number of likely N-dealkylation sites (tertiary alicyclic amines) is 1. The van der Waals surface area contributed by atoms with E-state index >= 15 is 0 Å². The van der Waals surface area contributed by atoms with E-state index in [4.69, 9.17) is 0 Å². The Hall–Kier alpha value is -3.43. The van der Waals surface area contributed by atoms with Crippen LogP contribution in [0.3, 0.4) is 0 Å². The molecule has 2 aromatic rings. The molecule has 10 heteroatoms. The zero-order valence-electron chi connectivity index (χ0n) is 22.0. The molecule has 7 nitrogen and oxygen atoms in total. The third-order valence-electron chi connectivity index (χ3n) is 6.92. The Morgan fingerprint density at radius 1 is 1.18 bits per heavy atom.